The largest absolute Gasteiger partial charge is 0.459 e. The number of nitrogens with zero attached hydrogens (tertiary/aromatic N) is 3. The number of furan rings is 2. The number of para-hydroxylation sites is 1. The van der Waals surface area contributed by atoms with E-state index in [1.165, 1.54) is 23.4 Å². The molecule has 1 saturated heterocycles. The molecule has 338 valence electrons. The maximum atomic E-state index is 14.9. The van der Waals surface area contributed by atoms with E-state index in [0.29, 0.717) is 59.6 Å². The number of piperidine rings is 1. The van der Waals surface area contributed by atoms with Crippen LogP contribution in [0.2, 0.25) is 0 Å². The number of benzene rings is 4. The van der Waals surface area contributed by atoms with Crippen LogP contribution in [0, 0.1) is 0 Å². The second-order valence-corrected chi connectivity index (χ2v) is 16.3. The highest BCUT2D eigenvalue weighted by molar-refractivity contribution is 6.25. The summed E-state index contributed by atoms with van der Waals surface area (Å²) in [4.78, 5) is 101. The fourth-order valence-corrected chi connectivity index (χ4v) is 8.69. The first kappa shape index (κ1) is 43.8. The SMILES string of the molecule is O=C1CCC(N2C(=O)c3cccc(NCCCCCCNC(=O)[C@@H](NC(=O)C(c4cccnc4)N(C(=O)c4ccco4)c4ccc5c(c4)oc4ccccc45)c4ccccc4)c3C2=O)C(=O)N1. The lowest BCUT2D eigenvalue weighted by atomic mass is 10.0. The van der Waals surface area contributed by atoms with E-state index in [9.17, 15) is 33.6 Å². The topological polar surface area (TPSA) is 213 Å². The standard InChI is InChI=1S/C51H45N7O9/c59-42-24-23-38(46(60)55-42)58-49(63)36-17-10-18-37(43(36)51(58)65)53-26-8-1-2-9-27-54-47(61)44(31-13-4-3-5-14-31)56-48(62)45(32-15-11-25-52-30-32)57(50(64)40-20-12-28-66-40)33-21-22-35-34-16-6-7-19-39(34)67-41(35)29-33/h3-7,10-22,25,28-30,38,44-45,53H,1-2,8-9,23-24,26-27H2,(H,54,61)(H,56,62)(H,55,59,60)/t38?,44-,45?/m0/s1. The van der Waals surface area contributed by atoms with Crippen molar-refractivity contribution in [2.75, 3.05) is 23.3 Å². The molecule has 3 atom stereocenters. The van der Waals surface area contributed by atoms with Crippen molar-refractivity contribution >= 4 is 74.7 Å². The number of carbonyl (C=O) groups is 7. The first-order chi connectivity index (χ1) is 32.7. The molecule has 4 N–H and O–H groups in total. The predicted octanol–water partition coefficient (Wildman–Crippen LogP) is 7.01. The maximum Gasteiger partial charge on any atom is 0.294 e. The Morgan fingerprint density at radius 3 is 2.31 bits per heavy atom. The third kappa shape index (κ3) is 9.01. The van der Waals surface area contributed by atoms with Crippen LogP contribution in [0.1, 0.15) is 93.0 Å². The highest BCUT2D eigenvalue weighted by atomic mass is 16.3. The zero-order valence-electron chi connectivity index (χ0n) is 36.1. The van der Waals surface area contributed by atoms with Crippen LogP contribution >= 0.6 is 0 Å². The number of carbonyl (C=O) groups excluding carboxylic acids is 7. The average Bonchev–Trinajstić information content (AvgIpc) is 4.08. The lowest BCUT2D eigenvalue weighted by molar-refractivity contribution is -0.136. The number of rotatable bonds is 17. The van der Waals surface area contributed by atoms with Crippen LogP contribution in [0.15, 0.2) is 143 Å². The van der Waals surface area contributed by atoms with Crippen molar-refractivity contribution in [3.8, 4) is 0 Å². The molecule has 0 bridgehead atoms. The molecule has 0 saturated carbocycles. The van der Waals surface area contributed by atoms with Crippen LogP contribution in [-0.2, 0) is 19.2 Å². The van der Waals surface area contributed by atoms with Crippen molar-refractivity contribution < 1.29 is 42.4 Å². The number of nitrogens with one attached hydrogen (secondary N) is 4. The molecule has 2 unspecified atom stereocenters. The summed E-state index contributed by atoms with van der Waals surface area (Å²) < 4.78 is 11.8. The minimum absolute atomic E-state index is 0.00642. The Kier molecular flexibility index (Phi) is 12.7. The third-order valence-corrected chi connectivity index (χ3v) is 12.0. The van der Waals surface area contributed by atoms with Gasteiger partial charge in [0.25, 0.3) is 17.7 Å². The molecule has 16 nitrogen and oxygen atoms in total. The van der Waals surface area contributed by atoms with E-state index in [-0.39, 0.29) is 29.7 Å². The summed E-state index contributed by atoms with van der Waals surface area (Å²) in [6, 6.07) is 29.6. The van der Waals surface area contributed by atoms with Crippen LogP contribution in [0.5, 0.6) is 0 Å². The summed E-state index contributed by atoms with van der Waals surface area (Å²) in [5.41, 5.74) is 3.33. The smallest absolute Gasteiger partial charge is 0.294 e. The van der Waals surface area contributed by atoms with Gasteiger partial charge >= 0.3 is 0 Å². The molecule has 1 fully saturated rings. The molecule has 5 heterocycles. The molecule has 16 heteroatoms. The van der Waals surface area contributed by atoms with Crippen molar-refractivity contribution in [2.24, 2.45) is 0 Å². The Hall–Kier alpha value is -8.40. The van der Waals surface area contributed by atoms with Gasteiger partial charge in [0.2, 0.25) is 23.6 Å². The molecule has 2 aliphatic rings. The van der Waals surface area contributed by atoms with Crippen molar-refractivity contribution in [1.82, 2.24) is 25.8 Å². The summed E-state index contributed by atoms with van der Waals surface area (Å²) in [6.07, 6.45) is 7.43. The van der Waals surface area contributed by atoms with Crippen molar-refractivity contribution in [3.63, 3.8) is 0 Å². The molecule has 67 heavy (non-hydrogen) atoms. The number of imide groups is 2. The van der Waals surface area contributed by atoms with E-state index < -0.39 is 59.5 Å². The van der Waals surface area contributed by atoms with Crippen LogP contribution in [-0.4, -0.2) is 70.4 Å². The lowest BCUT2D eigenvalue weighted by Gasteiger charge is -2.32. The Bertz CT molecular complexity index is 3010. The normalized spacial score (nSPS) is 15.5. The minimum Gasteiger partial charge on any atom is -0.459 e. The summed E-state index contributed by atoms with van der Waals surface area (Å²) >= 11 is 0. The van der Waals surface area contributed by atoms with Crippen LogP contribution in [0.3, 0.4) is 0 Å². The number of hydrogen-bond acceptors (Lipinski definition) is 11. The quantitative estimate of drug-likeness (QED) is 0.0539. The summed E-state index contributed by atoms with van der Waals surface area (Å²) in [7, 11) is 0. The number of hydrogen-bond donors (Lipinski definition) is 4. The summed E-state index contributed by atoms with van der Waals surface area (Å²) in [5.74, 6) is -3.94. The fraction of sp³-hybridized carbons (Fsp3) is 0.216. The van der Waals surface area contributed by atoms with E-state index in [1.807, 2.05) is 36.4 Å². The van der Waals surface area contributed by atoms with Crippen molar-refractivity contribution in [1.29, 1.82) is 0 Å². The molecule has 0 radical (unpaired) electrons. The lowest BCUT2D eigenvalue weighted by Crippen LogP contribution is -2.54. The highest BCUT2D eigenvalue weighted by Crippen LogP contribution is 2.37. The summed E-state index contributed by atoms with van der Waals surface area (Å²) in [5, 5.41) is 13.1. The van der Waals surface area contributed by atoms with Gasteiger partial charge in [-0.05, 0) is 73.4 Å². The van der Waals surface area contributed by atoms with Gasteiger partial charge in [0.05, 0.1) is 17.4 Å². The number of anilines is 2. The first-order valence-corrected chi connectivity index (χ1v) is 22.1. The van der Waals surface area contributed by atoms with Crippen molar-refractivity contribution in [3.05, 3.63) is 162 Å². The molecule has 9 rings (SSSR count). The predicted molar refractivity (Wildman–Crippen MR) is 247 cm³/mol. The van der Waals surface area contributed by atoms with Gasteiger partial charge in [0, 0.05) is 65.7 Å². The zero-order valence-corrected chi connectivity index (χ0v) is 36.1. The second kappa shape index (κ2) is 19.4. The van der Waals surface area contributed by atoms with Crippen molar-refractivity contribution in [2.45, 2.75) is 56.7 Å². The number of unbranched alkanes of at least 4 members (excludes halogenated alkanes) is 3. The summed E-state index contributed by atoms with van der Waals surface area (Å²) in [6.45, 7) is 0.811. The Labute approximate surface area is 383 Å². The Balaban J connectivity index is 0.858. The molecule has 4 aromatic carbocycles. The second-order valence-electron chi connectivity index (χ2n) is 16.3. The first-order valence-electron chi connectivity index (χ1n) is 22.1. The molecule has 0 spiro atoms. The van der Waals surface area contributed by atoms with Gasteiger partial charge in [-0.1, -0.05) is 73.5 Å². The molecule has 7 amide bonds. The van der Waals surface area contributed by atoms with Gasteiger partial charge in [0.1, 0.15) is 29.3 Å². The van der Waals surface area contributed by atoms with Gasteiger partial charge in [0.15, 0.2) is 5.76 Å². The van der Waals surface area contributed by atoms with Crippen LogP contribution in [0.25, 0.3) is 21.9 Å². The fourth-order valence-electron chi connectivity index (χ4n) is 8.69. The molecular formula is C51H45N7O9. The average molecular weight is 900 g/mol. The van der Waals surface area contributed by atoms with E-state index >= 15 is 0 Å². The van der Waals surface area contributed by atoms with Crippen LogP contribution in [0.4, 0.5) is 11.4 Å². The van der Waals surface area contributed by atoms with Gasteiger partial charge in [-0.3, -0.25) is 53.7 Å². The third-order valence-electron chi connectivity index (χ3n) is 12.0. The van der Waals surface area contributed by atoms with Crippen LogP contribution < -0.4 is 26.2 Å². The molecule has 2 aliphatic heterocycles. The van der Waals surface area contributed by atoms with E-state index in [4.69, 9.17) is 8.83 Å². The van der Waals surface area contributed by atoms with E-state index in [1.54, 1.807) is 79.0 Å². The highest BCUT2D eigenvalue weighted by Gasteiger charge is 2.45. The zero-order chi connectivity index (χ0) is 46.4. The number of pyridine rings is 1. The Morgan fingerprint density at radius 1 is 0.761 bits per heavy atom. The monoisotopic (exact) mass is 899 g/mol. The van der Waals surface area contributed by atoms with Gasteiger partial charge in [-0.15, -0.1) is 0 Å². The number of aromatic nitrogens is 1. The van der Waals surface area contributed by atoms with E-state index in [2.05, 4.69) is 26.3 Å². The molecule has 3 aromatic heterocycles. The van der Waals surface area contributed by atoms with Gasteiger partial charge < -0.3 is 24.8 Å². The molecule has 0 aliphatic carbocycles. The Morgan fingerprint density at radius 2 is 1.54 bits per heavy atom. The van der Waals surface area contributed by atoms with E-state index in [0.717, 1.165) is 28.5 Å². The minimum atomic E-state index is -1.32. The number of fused-ring (bicyclic) bond motifs is 4. The molecular weight excluding hydrogens is 855 g/mol. The maximum absolute atomic E-state index is 14.9. The van der Waals surface area contributed by atoms with Gasteiger partial charge in [-0.2, -0.15) is 0 Å². The number of amides is 7. The molecule has 7 aromatic rings. The van der Waals surface area contributed by atoms with Gasteiger partial charge in [-0.25, -0.2) is 0 Å².